The lowest BCUT2D eigenvalue weighted by molar-refractivity contribution is 0.0741. The second-order valence-electron chi connectivity index (χ2n) is 7.09. The highest BCUT2D eigenvalue weighted by Crippen LogP contribution is 2.46. The summed E-state index contributed by atoms with van der Waals surface area (Å²) in [5.41, 5.74) is 1.54. The quantitative estimate of drug-likeness (QED) is 0.815. The summed E-state index contributed by atoms with van der Waals surface area (Å²) in [7, 11) is -3.33. The molecule has 0 radical (unpaired) electrons. The van der Waals surface area contributed by atoms with Gasteiger partial charge in [-0.25, -0.2) is 13.4 Å². The van der Waals surface area contributed by atoms with Crippen molar-refractivity contribution < 1.29 is 17.6 Å². The van der Waals surface area contributed by atoms with Gasteiger partial charge in [-0.2, -0.15) is 4.31 Å². The summed E-state index contributed by atoms with van der Waals surface area (Å²) in [6.45, 7) is 3.21. The topological polar surface area (TPSA) is 83.7 Å². The number of sulfonamides is 1. The van der Waals surface area contributed by atoms with Crippen LogP contribution in [0.3, 0.4) is 0 Å². The van der Waals surface area contributed by atoms with Crippen molar-refractivity contribution in [3.63, 3.8) is 0 Å². The van der Waals surface area contributed by atoms with Gasteiger partial charge in [0.1, 0.15) is 0 Å². The van der Waals surface area contributed by atoms with Crippen molar-refractivity contribution in [2.75, 3.05) is 25.9 Å². The second-order valence-corrected chi connectivity index (χ2v) is 9.02. The third-order valence-corrected chi connectivity index (χ3v) is 6.64. The van der Waals surface area contributed by atoms with E-state index in [4.69, 9.17) is 4.42 Å². The zero-order valence-electron chi connectivity index (χ0n) is 14.7. The molecule has 0 unspecified atom stereocenters. The van der Waals surface area contributed by atoms with E-state index in [1.165, 1.54) is 12.6 Å². The molecule has 7 nitrogen and oxygen atoms in total. The lowest BCUT2D eigenvalue weighted by Crippen LogP contribution is -2.37. The van der Waals surface area contributed by atoms with E-state index in [0.29, 0.717) is 25.3 Å². The molecule has 0 saturated carbocycles. The summed E-state index contributed by atoms with van der Waals surface area (Å²) in [6.07, 6.45) is 2.53. The lowest BCUT2D eigenvalue weighted by Gasteiger charge is -2.28. The molecule has 1 amide bonds. The van der Waals surface area contributed by atoms with Gasteiger partial charge in [0.25, 0.3) is 5.91 Å². The lowest BCUT2D eigenvalue weighted by atomic mass is 9.90. The molecule has 2 aromatic rings. The molecule has 0 aliphatic carbocycles. The van der Waals surface area contributed by atoms with E-state index in [2.05, 4.69) is 4.98 Å². The average Bonchev–Trinajstić information content (AvgIpc) is 3.27. The van der Waals surface area contributed by atoms with Crippen molar-refractivity contribution in [2.45, 2.75) is 13.0 Å². The molecule has 2 fully saturated rings. The first-order valence-electron chi connectivity index (χ1n) is 8.57. The number of hydrogen-bond acceptors (Lipinski definition) is 5. The Labute approximate surface area is 152 Å². The van der Waals surface area contributed by atoms with Crippen LogP contribution in [0.5, 0.6) is 0 Å². The Morgan fingerprint density at radius 2 is 1.92 bits per heavy atom. The zero-order chi connectivity index (χ0) is 18.5. The number of fused-ring (bicyclic) bond motifs is 1. The fourth-order valence-electron chi connectivity index (χ4n) is 4.23. The number of oxazole rings is 1. The number of amides is 1. The van der Waals surface area contributed by atoms with Gasteiger partial charge in [0.05, 0.1) is 18.0 Å². The third-order valence-electron chi connectivity index (χ3n) is 5.42. The van der Waals surface area contributed by atoms with Gasteiger partial charge in [0.15, 0.2) is 6.39 Å². The van der Waals surface area contributed by atoms with Crippen LogP contribution >= 0.6 is 0 Å². The monoisotopic (exact) mass is 375 g/mol. The Balaban J connectivity index is 1.63. The van der Waals surface area contributed by atoms with Crippen LogP contribution in [0, 0.1) is 18.8 Å². The van der Waals surface area contributed by atoms with Crippen LogP contribution < -0.4 is 0 Å². The number of carbonyl (C=O) groups is 1. The summed E-state index contributed by atoms with van der Waals surface area (Å²) in [4.78, 5) is 18.5. The maximum Gasteiger partial charge on any atom is 0.291 e. The van der Waals surface area contributed by atoms with Gasteiger partial charge in [0, 0.05) is 25.6 Å². The van der Waals surface area contributed by atoms with Crippen LogP contribution in [0.15, 0.2) is 41.1 Å². The van der Waals surface area contributed by atoms with Crippen molar-refractivity contribution in [2.24, 2.45) is 11.8 Å². The molecule has 0 bridgehead atoms. The molecular weight excluding hydrogens is 354 g/mol. The first kappa shape index (κ1) is 17.2. The van der Waals surface area contributed by atoms with Crippen LogP contribution in [0.1, 0.15) is 27.9 Å². The largest absolute Gasteiger partial charge is 0.438 e. The Morgan fingerprint density at radius 1 is 1.19 bits per heavy atom. The number of hydrogen-bond donors (Lipinski definition) is 0. The van der Waals surface area contributed by atoms with Gasteiger partial charge in [0.2, 0.25) is 15.8 Å². The molecule has 1 aromatic carbocycles. The molecular formula is C18H21N3O4S. The van der Waals surface area contributed by atoms with E-state index in [-0.39, 0.29) is 29.5 Å². The fraction of sp³-hybridized carbons (Fsp3) is 0.444. The first-order valence-corrected chi connectivity index (χ1v) is 10.4. The molecule has 8 heteroatoms. The van der Waals surface area contributed by atoms with E-state index in [1.54, 1.807) is 16.1 Å². The van der Waals surface area contributed by atoms with Gasteiger partial charge in [-0.05, 0) is 18.4 Å². The summed E-state index contributed by atoms with van der Waals surface area (Å²) >= 11 is 0. The van der Waals surface area contributed by atoms with Crippen LogP contribution in [-0.4, -0.2) is 54.4 Å². The Bertz CT molecular complexity index is 925. The SMILES string of the molecule is Cc1ncoc1C(=O)N1C[C@@H]2CN(S(C)(=O)=O)[C@@H](c3ccccc3)[C@@H]2C1. The number of aromatic nitrogens is 1. The molecule has 26 heavy (non-hydrogen) atoms. The molecule has 2 aliphatic rings. The van der Waals surface area contributed by atoms with Crippen molar-refractivity contribution in [3.05, 3.63) is 53.7 Å². The molecule has 2 aliphatic heterocycles. The van der Waals surface area contributed by atoms with Crippen molar-refractivity contribution in [1.29, 1.82) is 0 Å². The summed E-state index contributed by atoms with van der Waals surface area (Å²) in [5, 5.41) is 0. The number of carbonyl (C=O) groups excluding carboxylic acids is 1. The fourth-order valence-corrected chi connectivity index (χ4v) is 5.38. The average molecular weight is 375 g/mol. The first-order chi connectivity index (χ1) is 12.4. The Kier molecular flexibility index (Phi) is 4.11. The molecule has 2 saturated heterocycles. The van der Waals surface area contributed by atoms with Crippen molar-refractivity contribution in [3.8, 4) is 0 Å². The minimum absolute atomic E-state index is 0.0688. The number of aryl methyl sites for hydroxylation is 1. The van der Waals surface area contributed by atoms with Gasteiger partial charge in [-0.15, -0.1) is 0 Å². The Hall–Kier alpha value is -2.19. The van der Waals surface area contributed by atoms with Gasteiger partial charge in [-0.1, -0.05) is 30.3 Å². The molecule has 3 atom stereocenters. The Morgan fingerprint density at radius 3 is 2.54 bits per heavy atom. The van der Waals surface area contributed by atoms with E-state index in [9.17, 15) is 13.2 Å². The van der Waals surface area contributed by atoms with E-state index in [1.807, 2.05) is 30.3 Å². The second kappa shape index (κ2) is 6.21. The number of rotatable bonds is 3. The zero-order valence-corrected chi connectivity index (χ0v) is 15.5. The highest BCUT2D eigenvalue weighted by Gasteiger charge is 2.51. The number of benzene rings is 1. The maximum atomic E-state index is 12.7. The molecule has 138 valence electrons. The molecule has 1 aromatic heterocycles. The minimum atomic E-state index is -3.33. The predicted molar refractivity (Wildman–Crippen MR) is 94.9 cm³/mol. The molecule has 3 heterocycles. The summed E-state index contributed by atoms with van der Waals surface area (Å²) in [5.74, 6) is 0.273. The normalized spacial score (nSPS) is 26.2. The van der Waals surface area contributed by atoms with Gasteiger partial charge in [-0.3, -0.25) is 4.79 Å². The summed E-state index contributed by atoms with van der Waals surface area (Å²) < 4.78 is 31.5. The maximum absolute atomic E-state index is 12.7. The minimum Gasteiger partial charge on any atom is -0.438 e. The predicted octanol–water partition coefficient (Wildman–Crippen LogP) is 1.69. The number of likely N-dealkylation sites (tertiary alicyclic amines) is 1. The van der Waals surface area contributed by atoms with Crippen LogP contribution in [0.2, 0.25) is 0 Å². The van der Waals surface area contributed by atoms with Crippen LogP contribution in [-0.2, 0) is 10.0 Å². The van der Waals surface area contributed by atoms with E-state index in [0.717, 1.165) is 5.56 Å². The van der Waals surface area contributed by atoms with Gasteiger partial charge < -0.3 is 9.32 Å². The molecule has 0 spiro atoms. The van der Waals surface area contributed by atoms with Crippen LogP contribution in [0.4, 0.5) is 0 Å². The van der Waals surface area contributed by atoms with Crippen molar-refractivity contribution in [1.82, 2.24) is 14.2 Å². The highest BCUT2D eigenvalue weighted by atomic mass is 32.2. The summed E-state index contributed by atoms with van der Waals surface area (Å²) in [6, 6.07) is 9.41. The van der Waals surface area contributed by atoms with Crippen molar-refractivity contribution >= 4 is 15.9 Å². The molecule has 0 N–H and O–H groups in total. The van der Waals surface area contributed by atoms with Crippen LogP contribution in [0.25, 0.3) is 0 Å². The number of nitrogens with zero attached hydrogens (tertiary/aromatic N) is 3. The third kappa shape index (κ3) is 2.83. The molecule has 4 rings (SSSR count). The highest BCUT2D eigenvalue weighted by molar-refractivity contribution is 7.88. The smallest absolute Gasteiger partial charge is 0.291 e. The van der Waals surface area contributed by atoms with E-state index >= 15 is 0 Å². The standard InChI is InChI=1S/C18H21N3O4S/c1-12-17(25-11-19-12)18(22)20-8-14-9-21(26(2,23)24)16(15(14)10-20)13-6-4-3-5-7-13/h3-7,11,14-16H,8-10H2,1-2H3/t14-,15-,16+/m1/s1. The van der Waals surface area contributed by atoms with E-state index < -0.39 is 10.0 Å². The van der Waals surface area contributed by atoms with Gasteiger partial charge >= 0.3 is 0 Å².